The van der Waals surface area contributed by atoms with Gasteiger partial charge in [-0.25, -0.2) is 0 Å². The third kappa shape index (κ3) is 3.10. The molecule has 1 unspecified atom stereocenters. The first-order valence-corrected chi connectivity index (χ1v) is 6.26. The molecule has 1 aliphatic heterocycles. The van der Waals surface area contributed by atoms with E-state index in [4.69, 9.17) is 4.52 Å². The van der Waals surface area contributed by atoms with E-state index < -0.39 is 0 Å². The van der Waals surface area contributed by atoms with Gasteiger partial charge in [-0.3, -0.25) is 4.90 Å². The largest absolute Gasteiger partial charge is 0.335 e. The van der Waals surface area contributed by atoms with Crippen molar-refractivity contribution in [1.29, 1.82) is 0 Å². The summed E-state index contributed by atoms with van der Waals surface area (Å²) in [7, 11) is 2.10. The molecular formula is C12H19ClN4O. The molecule has 0 bridgehead atoms. The zero-order valence-corrected chi connectivity index (χ0v) is 11.3. The monoisotopic (exact) mass is 270 g/mol. The lowest BCUT2D eigenvalue weighted by Gasteiger charge is -2.30. The molecule has 1 atom stereocenters. The van der Waals surface area contributed by atoms with Crippen molar-refractivity contribution in [2.75, 3.05) is 26.7 Å². The smallest absolute Gasteiger partial charge is 0.250 e. The van der Waals surface area contributed by atoms with Gasteiger partial charge in [0.1, 0.15) is 0 Å². The summed E-state index contributed by atoms with van der Waals surface area (Å²) in [6.45, 7) is 2.94. The van der Waals surface area contributed by atoms with Crippen molar-refractivity contribution in [2.24, 2.45) is 5.92 Å². The van der Waals surface area contributed by atoms with Gasteiger partial charge >= 0.3 is 0 Å². The Labute approximate surface area is 113 Å². The fourth-order valence-corrected chi connectivity index (χ4v) is 2.05. The van der Waals surface area contributed by atoms with Crippen molar-refractivity contribution >= 4 is 18.5 Å². The molecule has 5 nitrogen and oxygen atoms in total. The van der Waals surface area contributed by atoms with Crippen LogP contribution in [0.4, 0.5) is 0 Å². The summed E-state index contributed by atoms with van der Waals surface area (Å²) in [4.78, 5) is 6.70. The number of hydrogen-bond acceptors (Lipinski definition) is 5. The summed E-state index contributed by atoms with van der Waals surface area (Å²) < 4.78 is 5.24. The van der Waals surface area contributed by atoms with E-state index >= 15 is 0 Å². The van der Waals surface area contributed by atoms with Crippen LogP contribution in [0.3, 0.4) is 0 Å². The lowest BCUT2D eigenvalue weighted by Crippen LogP contribution is -2.44. The van der Waals surface area contributed by atoms with Gasteiger partial charge in [0.15, 0.2) is 5.82 Å². The number of allylic oxidation sites excluding steroid dienone is 1. The van der Waals surface area contributed by atoms with E-state index in [1.807, 2.05) is 6.08 Å². The SMILES string of the molecule is CN1CCNCC1c1noc(/C=C/C2CC2)n1.Cl. The van der Waals surface area contributed by atoms with Gasteiger partial charge in [0.25, 0.3) is 0 Å². The van der Waals surface area contributed by atoms with E-state index in [1.165, 1.54) is 12.8 Å². The molecule has 18 heavy (non-hydrogen) atoms. The zero-order chi connectivity index (χ0) is 11.7. The number of likely N-dealkylation sites (N-methyl/N-ethyl adjacent to an activating group) is 1. The van der Waals surface area contributed by atoms with E-state index in [9.17, 15) is 0 Å². The minimum absolute atomic E-state index is 0. The summed E-state index contributed by atoms with van der Waals surface area (Å²) in [6, 6.07) is 0.232. The predicted octanol–water partition coefficient (Wildman–Crippen LogP) is 1.49. The highest BCUT2D eigenvalue weighted by atomic mass is 35.5. The molecule has 1 aromatic heterocycles. The normalized spacial score (nSPS) is 25.3. The average molecular weight is 271 g/mol. The molecule has 0 amide bonds. The van der Waals surface area contributed by atoms with Gasteiger partial charge < -0.3 is 9.84 Å². The number of nitrogens with one attached hydrogen (secondary N) is 1. The molecule has 0 spiro atoms. The first-order chi connectivity index (χ1) is 8.33. The van der Waals surface area contributed by atoms with Crippen molar-refractivity contribution in [3.63, 3.8) is 0 Å². The second-order valence-corrected chi connectivity index (χ2v) is 4.89. The molecule has 1 aliphatic carbocycles. The summed E-state index contributed by atoms with van der Waals surface area (Å²) >= 11 is 0. The second kappa shape index (κ2) is 5.82. The lowest BCUT2D eigenvalue weighted by atomic mass is 10.2. The predicted molar refractivity (Wildman–Crippen MR) is 71.5 cm³/mol. The third-order valence-corrected chi connectivity index (χ3v) is 3.40. The molecule has 100 valence electrons. The molecule has 6 heteroatoms. The molecule has 2 aliphatic rings. The molecule has 2 heterocycles. The Balaban J connectivity index is 0.00000120. The standard InChI is InChI=1S/C12H18N4O.ClH/c1-16-7-6-13-8-10(16)12-14-11(17-15-12)5-4-9-2-3-9;/h4-5,9-10,13H,2-3,6-8H2,1H3;1H/b5-4+;. The fraction of sp³-hybridized carbons (Fsp3) is 0.667. The quantitative estimate of drug-likeness (QED) is 0.902. The second-order valence-electron chi connectivity index (χ2n) is 4.89. The Hall–Kier alpha value is -0.910. The van der Waals surface area contributed by atoms with E-state index in [0.717, 1.165) is 31.4 Å². The molecule has 0 aromatic carbocycles. The summed E-state index contributed by atoms with van der Waals surface area (Å²) in [5, 5.41) is 7.42. The van der Waals surface area contributed by atoms with Gasteiger partial charge in [-0.1, -0.05) is 11.2 Å². The van der Waals surface area contributed by atoms with Crippen molar-refractivity contribution in [3.05, 3.63) is 17.8 Å². The van der Waals surface area contributed by atoms with Crippen LogP contribution in [0.1, 0.15) is 30.6 Å². The number of aromatic nitrogens is 2. The van der Waals surface area contributed by atoms with Gasteiger partial charge in [-0.15, -0.1) is 12.4 Å². The van der Waals surface area contributed by atoms with Crippen molar-refractivity contribution in [3.8, 4) is 0 Å². The van der Waals surface area contributed by atoms with Crippen LogP contribution in [0.2, 0.25) is 0 Å². The maximum Gasteiger partial charge on any atom is 0.250 e. The Morgan fingerprint density at radius 2 is 2.28 bits per heavy atom. The van der Waals surface area contributed by atoms with Gasteiger partial charge in [0.2, 0.25) is 5.89 Å². The van der Waals surface area contributed by atoms with Crippen LogP contribution in [-0.4, -0.2) is 41.7 Å². The van der Waals surface area contributed by atoms with Gasteiger partial charge in [-0.2, -0.15) is 4.98 Å². The highest BCUT2D eigenvalue weighted by Crippen LogP contribution is 2.30. The topological polar surface area (TPSA) is 54.2 Å². The summed E-state index contributed by atoms with van der Waals surface area (Å²) in [6.07, 6.45) is 6.71. The van der Waals surface area contributed by atoms with Gasteiger partial charge in [-0.05, 0) is 31.9 Å². The Morgan fingerprint density at radius 3 is 3.00 bits per heavy atom. The Morgan fingerprint density at radius 1 is 1.44 bits per heavy atom. The number of rotatable bonds is 3. The highest BCUT2D eigenvalue weighted by Gasteiger charge is 2.25. The van der Waals surface area contributed by atoms with Crippen LogP contribution >= 0.6 is 12.4 Å². The minimum Gasteiger partial charge on any atom is -0.335 e. The fourth-order valence-electron chi connectivity index (χ4n) is 2.05. The van der Waals surface area contributed by atoms with E-state index in [2.05, 4.69) is 33.5 Å². The molecule has 1 saturated carbocycles. The minimum atomic E-state index is 0. The Kier molecular flexibility index (Phi) is 4.37. The first kappa shape index (κ1) is 13.5. The molecular weight excluding hydrogens is 252 g/mol. The van der Waals surface area contributed by atoms with Crippen molar-refractivity contribution in [2.45, 2.75) is 18.9 Å². The number of hydrogen-bond donors (Lipinski definition) is 1. The van der Waals surface area contributed by atoms with Crippen LogP contribution in [-0.2, 0) is 0 Å². The van der Waals surface area contributed by atoms with E-state index in [0.29, 0.717) is 5.89 Å². The summed E-state index contributed by atoms with van der Waals surface area (Å²) in [5.41, 5.74) is 0. The van der Waals surface area contributed by atoms with E-state index in [-0.39, 0.29) is 18.4 Å². The van der Waals surface area contributed by atoms with Gasteiger partial charge in [0.05, 0.1) is 6.04 Å². The number of nitrogens with zero attached hydrogens (tertiary/aromatic N) is 3. The van der Waals surface area contributed by atoms with Crippen LogP contribution in [0.25, 0.3) is 6.08 Å². The first-order valence-electron chi connectivity index (χ1n) is 6.26. The van der Waals surface area contributed by atoms with Crippen LogP contribution in [0.15, 0.2) is 10.6 Å². The van der Waals surface area contributed by atoms with E-state index in [1.54, 1.807) is 0 Å². The van der Waals surface area contributed by atoms with Crippen molar-refractivity contribution < 1.29 is 4.52 Å². The highest BCUT2D eigenvalue weighted by molar-refractivity contribution is 5.85. The molecule has 1 N–H and O–H groups in total. The van der Waals surface area contributed by atoms with Crippen LogP contribution in [0.5, 0.6) is 0 Å². The maximum atomic E-state index is 5.24. The number of halogens is 1. The van der Waals surface area contributed by atoms with Gasteiger partial charge in [0, 0.05) is 19.6 Å². The molecule has 0 radical (unpaired) electrons. The van der Waals surface area contributed by atoms with Crippen LogP contribution in [0, 0.1) is 5.92 Å². The number of piperazine rings is 1. The average Bonchev–Trinajstić information content (AvgIpc) is 3.06. The molecule has 1 aromatic rings. The third-order valence-electron chi connectivity index (χ3n) is 3.40. The molecule has 3 rings (SSSR count). The molecule has 2 fully saturated rings. The van der Waals surface area contributed by atoms with Crippen LogP contribution < -0.4 is 5.32 Å². The molecule has 1 saturated heterocycles. The maximum absolute atomic E-state index is 5.24. The zero-order valence-electron chi connectivity index (χ0n) is 10.5. The lowest BCUT2D eigenvalue weighted by molar-refractivity contribution is 0.190. The Bertz CT molecular complexity index is 416. The summed E-state index contributed by atoms with van der Waals surface area (Å²) in [5.74, 6) is 2.16. The van der Waals surface area contributed by atoms with Crippen molar-refractivity contribution in [1.82, 2.24) is 20.4 Å².